The molecule has 196 valence electrons. The third-order valence-electron chi connectivity index (χ3n) is 6.21. The second kappa shape index (κ2) is 10.9. The Morgan fingerprint density at radius 1 is 1.03 bits per heavy atom. The van der Waals surface area contributed by atoms with Gasteiger partial charge in [0.15, 0.2) is 0 Å². The summed E-state index contributed by atoms with van der Waals surface area (Å²) in [5, 5.41) is 2.74. The predicted octanol–water partition coefficient (Wildman–Crippen LogP) is 4.22. The zero-order valence-electron chi connectivity index (χ0n) is 20.4. The first-order valence-corrected chi connectivity index (χ1v) is 12.5. The number of hydrogen-bond acceptors (Lipinski definition) is 6. The fourth-order valence-electron chi connectivity index (χ4n) is 4.23. The molecule has 1 aromatic carbocycles. The third-order valence-corrected chi connectivity index (χ3v) is 7.28. The third kappa shape index (κ3) is 6.47. The van der Waals surface area contributed by atoms with Gasteiger partial charge in [0.25, 0.3) is 11.8 Å². The van der Waals surface area contributed by atoms with E-state index in [9.17, 15) is 27.6 Å². The minimum Gasteiger partial charge on any atom is -0.427 e. The van der Waals surface area contributed by atoms with E-state index in [4.69, 9.17) is 4.42 Å². The monoisotopic (exact) mass is 533 g/mol. The summed E-state index contributed by atoms with van der Waals surface area (Å²) >= 11 is 1.36. The number of alkyl halides is 3. The molecule has 11 heteroatoms. The Labute approximate surface area is 215 Å². The number of nitrogens with zero attached hydrogens (tertiary/aromatic N) is 2. The number of halogens is 3. The Morgan fingerprint density at radius 3 is 2.32 bits per heavy atom. The Morgan fingerprint density at radius 2 is 1.70 bits per heavy atom. The molecule has 7 nitrogen and oxygen atoms in total. The zero-order chi connectivity index (χ0) is 26.7. The summed E-state index contributed by atoms with van der Waals surface area (Å²) in [4.78, 5) is 42.5. The molecule has 1 fully saturated rings. The van der Waals surface area contributed by atoms with E-state index in [2.05, 4.69) is 10.2 Å². The Kier molecular flexibility index (Phi) is 7.84. The molecule has 1 aliphatic rings. The number of aryl methyl sites for hydroxylation is 2. The molecule has 0 unspecified atom stereocenters. The quantitative estimate of drug-likeness (QED) is 0.513. The number of thiophene rings is 1. The lowest BCUT2D eigenvalue weighted by molar-refractivity contribution is -0.137. The molecule has 1 N–H and O–H groups in total. The van der Waals surface area contributed by atoms with Gasteiger partial charge in [-0.2, -0.15) is 13.2 Å². The lowest BCUT2D eigenvalue weighted by Gasteiger charge is -2.34. The van der Waals surface area contributed by atoms with Crippen molar-refractivity contribution < 1.29 is 27.2 Å². The van der Waals surface area contributed by atoms with Crippen LogP contribution in [-0.2, 0) is 19.3 Å². The van der Waals surface area contributed by atoms with Gasteiger partial charge in [0.1, 0.15) is 5.76 Å². The molecule has 0 bridgehead atoms. The summed E-state index contributed by atoms with van der Waals surface area (Å²) in [6.07, 6.45) is -4.39. The van der Waals surface area contributed by atoms with E-state index in [0.29, 0.717) is 60.1 Å². The SMILES string of the molecule is Cc1cc(=O)oc(C)c1C(=O)N1CCN(Cc2ccc(C(=O)NCc3ccc(C(F)(F)F)cc3)s2)CC1. The lowest BCUT2D eigenvalue weighted by atomic mass is 10.1. The average Bonchev–Trinajstić information content (AvgIpc) is 3.30. The summed E-state index contributed by atoms with van der Waals surface area (Å²) in [5.74, 6) is -0.117. The molecule has 0 spiro atoms. The number of nitrogens with one attached hydrogen (secondary N) is 1. The molecule has 4 rings (SSSR count). The second-order valence-electron chi connectivity index (χ2n) is 8.89. The maximum Gasteiger partial charge on any atom is 0.416 e. The van der Waals surface area contributed by atoms with Crippen LogP contribution in [0.5, 0.6) is 0 Å². The minimum absolute atomic E-state index is 0.129. The number of carbonyl (C=O) groups excluding carboxylic acids is 2. The molecular weight excluding hydrogens is 507 g/mol. The summed E-state index contributed by atoms with van der Waals surface area (Å²) in [5.41, 5.74) is 0.407. The van der Waals surface area contributed by atoms with Gasteiger partial charge in [-0.25, -0.2) is 4.79 Å². The van der Waals surface area contributed by atoms with Crippen molar-refractivity contribution in [3.8, 4) is 0 Å². The summed E-state index contributed by atoms with van der Waals surface area (Å²) in [6.45, 7) is 6.49. The minimum atomic E-state index is -4.39. The molecular formula is C26H26F3N3O4S. The lowest BCUT2D eigenvalue weighted by Crippen LogP contribution is -2.48. The highest BCUT2D eigenvalue weighted by atomic mass is 32.1. The Balaban J connectivity index is 1.27. The van der Waals surface area contributed by atoms with Crippen LogP contribution in [0, 0.1) is 13.8 Å². The van der Waals surface area contributed by atoms with Crippen molar-refractivity contribution in [1.29, 1.82) is 0 Å². The summed E-state index contributed by atoms with van der Waals surface area (Å²) in [7, 11) is 0. The van der Waals surface area contributed by atoms with Crippen LogP contribution in [-0.4, -0.2) is 47.8 Å². The van der Waals surface area contributed by atoms with E-state index in [1.165, 1.54) is 29.5 Å². The van der Waals surface area contributed by atoms with Crippen LogP contribution >= 0.6 is 11.3 Å². The largest absolute Gasteiger partial charge is 0.427 e. The van der Waals surface area contributed by atoms with E-state index >= 15 is 0 Å². The van der Waals surface area contributed by atoms with Crippen LogP contribution in [0.1, 0.15) is 47.4 Å². The zero-order valence-corrected chi connectivity index (χ0v) is 21.2. The smallest absolute Gasteiger partial charge is 0.416 e. The molecule has 3 heterocycles. The first-order valence-electron chi connectivity index (χ1n) is 11.7. The number of carbonyl (C=O) groups is 2. The van der Waals surface area contributed by atoms with Crippen molar-refractivity contribution in [3.63, 3.8) is 0 Å². The molecule has 3 aromatic rings. The van der Waals surface area contributed by atoms with E-state index in [1.54, 1.807) is 24.8 Å². The number of piperazine rings is 1. The van der Waals surface area contributed by atoms with Gasteiger partial charge in [-0.3, -0.25) is 14.5 Å². The first kappa shape index (κ1) is 26.6. The van der Waals surface area contributed by atoms with Crippen molar-refractivity contribution in [2.45, 2.75) is 33.1 Å². The van der Waals surface area contributed by atoms with Crippen LogP contribution in [0.3, 0.4) is 0 Å². The van der Waals surface area contributed by atoms with Crippen molar-refractivity contribution in [1.82, 2.24) is 15.1 Å². The second-order valence-corrected chi connectivity index (χ2v) is 10.1. The number of rotatable bonds is 6. The van der Waals surface area contributed by atoms with Gasteiger partial charge in [0, 0.05) is 50.2 Å². The van der Waals surface area contributed by atoms with Gasteiger partial charge >= 0.3 is 11.8 Å². The maximum atomic E-state index is 13.0. The van der Waals surface area contributed by atoms with Gasteiger partial charge in [0.2, 0.25) is 0 Å². The van der Waals surface area contributed by atoms with Gasteiger partial charge in [-0.1, -0.05) is 12.1 Å². The van der Waals surface area contributed by atoms with Crippen molar-refractivity contribution in [2.24, 2.45) is 0 Å². The number of hydrogen-bond donors (Lipinski definition) is 1. The summed E-state index contributed by atoms with van der Waals surface area (Å²) < 4.78 is 43.2. The number of amides is 2. The van der Waals surface area contributed by atoms with Crippen LogP contribution in [0.2, 0.25) is 0 Å². The molecule has 37 heavy (non-hydrogen) atoms. The molecule has 0 saturated carbocycles. The molecule has 1 aliphatic heterocycles. The van der Waals surface area contributed by atoms with Crippen molar-refractivity contribution in [3.05, 3.63) is 90.7 Å². The van der Waals surface area contributed by atoms with Crippen molar-refractivity contribution in [2.75, 3.05) is 26.2 Å². The first-order chi connectivity index (χ1) is 17.5. The molecule has 2 aromatic heterocycles. The highest BCUT2D eigenvalue weighted by molar-refractivity contribution is 7.14. The van der Waals surface area contributed by atoms with E-state index in [0.717, 1.165) is 17.0 Å². The van der Waals surface area contributed by atoms with Crippen LogP contribution < -0.4 is 10.9 Å². The maximum absolute atomic E-state index is 13.0. The molecule has 0 atom stereocenters. The van der Waals surface area contributed by atoms with E-state index in [1.807, 2.05) is 6.07 Å². The van der Waals surface area contributed by atoms with Crippen LogP contribution in [0.4, 0.5) is 13.2 Å². The standard InChI is InChI=1S/C26H26F3N3O4S/c1-16-13-22(33)36-17(2)23(16)25(35)32-11-9-31(10-12-32)15-20-7-8-21(37-20)24(34)30-14-18-3-5-19(6-4-18)26(27,28)29/h3-8,13H,9-12,14-15H2,1-2H3,(H,30,34). The highest BCUT2D eigenvalue weighted by Crippen LogP contribution is 2.29. The average molecular weight is 534 g/mol. The van der Waals surface area contributed by atoms with Gasteiger partial charge in [-0.05, 0) is 49.2 Å². The Hall–Kier alpha value is -3.44. The van der Waals surface area contributed by atoms with Gasteiger partial charge < -0.3 is 14.6 Å². The number of benzene rings is 1. The van der Waals surface area contributed by atoms with E-state index in [-0.39, 0.29) is 18.4 Å². The highest BCUT2D eigenvalue weighted by Gasteiger charge is 2.30. The fourth-order valence-corrected chi connectivity index (χ4v) is 5.20. The normalized spacial score (nSPS) is 14.6. The molecule has 2 amide bonds. The fraction of sp³-hybridized carbons (Fsp3) is 0.346. The molecule has 1 saturated heterocycles. The Bertz CT molecular complexity index is 1310. The predicted molar refractivity (Wildman–Crippen MR) is 133 cm³/mol. The van der Waals surface area contributed by atoms with Crippen LogP contribution in [0.15, 0.2) is 51.7 Å². The van der Waals surface area contributed by atoms with Crippen molar-refractivity contribution >= 4 is 23.2 Å². The van der Waals surface area contributed by atoms with Gasteiger partial charge in [0.05, 0.1) is 16.0 Å². The van der Waals surface area contributed by atoms with E-state index < -0.39 is 17.4 Å². The molecule has 0 aliphatic carbocycles. The topological polar surface area (TPSA) is 82.9 Å². The molecule has 0 radical (unpaired) electrons. The van der Waals surface area contributed by atoms with Gasteiger partial charge in [-0.15, -0.1) is 11.3 Å². The summed E-state index contributed by atoms with van der Waals surface area (Å²) in [6, 6.07) is 9.64. The van der Waals surface area contributed by atoms with Crippen LogP contribution in [0.25, 0.3) is 0 Å².